The Morgan fingerprint density at radius 3 is 1.75 bits per heavy atom. The molecule has 0 N–H and O–H groups in total. The summed E-state index contributed by atoms with van der Waals surface area (Å²) in [7, 11) is 0. The fourth-order valence-electron chi connectivity index (χ4n) is 4.55. The van der Waals surface area contributed by atoms with Gasteiger partial charge in [-0.2, -0.15) is 8.78 Å². The largest absolute Gasteiger partial charge is 0.432 e. The normalized spacial score (nSPS) is 11.6. The van der Waals surface area contributed by atoms with Crippen molar-refractivity contribution >= 4 is 0 Å². The second kappa shape index (κ2) is 12.4. The number of ether oxygens (including phenoxy) is 1. The highest BCUT2D eigenvalue weighted by Crippen LogP contribution is 2.37. The van der Waals surface area contributed by atoms with Gasteiger partial charge in [0.2, 0.25) is 0 Å². The molecular formula is C33H22F8N2O. The molecule has 226 valence electrons. The third kappa shape index (κ3) is 6.41. The van der Waals surface area contributed by atoms with Crippen molar-refractivity contribution in [1.29, 1.82) is 0 Å². The van der Waals surface area contributed by atoms with Crippen molar-refractivity contribution in [2.45, 2.75) is 32.3 Å². The van der Waals surface area contributed by atoms with Crippen LogP contribution in [0.2, 0.25) is 0 Å². The standard InChI is InChI=1S/C33H22F8N2O/c1-2-3-4-18-16-42-32(43-17-18)22-14-26(35)30(27(36)15-22)33(40,41)44-23-8-5-19(6-9-23)20-7-10-24(25(34)11-20)21-12-28(37)31(39)29(38)13-21/h5-17H,2-4H2,1H3. The van der Waals surface area contributed by atoms with E-state index in [1.54, 1.807) is 0 Å². The number of nitrogens with zero attached hydrogens (tertiary/aromatic N) is 2. The van der Waals surface area contributed by atoms with E-state index in [0.29, 0.717) is 29.8 Å². The van der Waals surface area contributed by atoms with Crippen LogP contribution in [0.15, 0.2) is 79.1 Å². The zero-order valence-corrected chi connectivity index (χ0v) is 23.0. The maximum atomic E-state index is 15.0. The Kier molecular flexibility index (Phi) is 8.66. The van der Waals surface area contributed by atoms with E-state index in [1.165, 1.54) is 36.7 Å². The number of halogens is 8. The minimum Gasteiger partial charge on any atom is -0.429 e. The monoisotopic (exact) mass is 614 g/mol. The molecule has 0 aliphatic heterocycles. The van der Waals surface area contributed by atoms with Gasteiger partial charge in [-0.1, -0.05) is 37.6 Å². The summed E-state index contributed by atoms with van der Waals surface area (Å²) in [4.78, 5) is 8.16. The Hall–Kier alpha value is -4.80. The van der Waals surface area contributed by atoms with Crippen LogP contribution in [-0.2, 0) is 12.5 Å². The first-order chi connectivity index (χ1) is 21.0. The summed E-state index contributed by atoms with van der Waals surface area (Å²) < 4.78 is 120. The first kappa shape index (κ1) is 30.7. The van der Waals surface area contributed by atoms with Gasteiger partial charge in [-0.25, -0.2) is 36.3 Å². The van der Waals surface area contributed by atoms with Gasteiger partial charge in [0.15, 0.2) is 23.3 Å². The molecule has 3 nitrogen and oxygen atoms in total. The Labute approximate surface area is 246 Å². The summed E-state index contributed by atoms with van der Waals surface area (Å²) >= 11 is 0. The first-order valence-electron chi connectivity index (χ1n) is 13.4. The summed E-state index contributed by atoms with van der Waals surface area (Å²) in [6.07, 6.45) is 1.22. The van der Waals surface area contributed by atoms with Gasteiger partial charge in [0.25, 0.3) is 0 Å². The average molecular weight is 615 g/mol. The number of hydrogen-bond acceptors (Lipinski definition) is 3. The Bertz CT molecular complexity index is 1760. The second-order valence-corrected chi connectivity index (χ2v) is 9.93. The molecule has 1 aromatic heterocycles. The van der Waals surface area contributed by atoms with Gasteiger partial charge >= 0.3 is 6.11 Å². The summed E-state index contributed by atoms with van der Waals surface area (Å²) in [6.45, 7) is 2.02. The lowest BCUT2D eigenvalue weighted by Crippen LogP contribution is -2.25. The van der Waals surface area contributed by atoms with E-state index in [0.717, 1.165) is 43.0 Å². The average Bonchev–Trinajstić information content (AvgIpc) is 2.98. The van der Waals surface area contributed by atoms with Crippen molar-refractivity contribution in [1.82, 2.24) is 9.97 Å². The number of alkyl halides is 2. The van der Waals surface area contributed by atoms with Gasteiger partial charge in [0.05, 0.1) is 0 Å². The van der Waals surface area contributed by atoms with Crippen LogP contribution in [-0.4, -0.2) is 9.97 Å². The maximum Gasteiger partial charge on any atom is 0.432 e. The van der Waals surface area contributed by atoms with E-state index in [2.05, 4.69) is 14.7 Å². The molecule has 4 aromatic carbocycles. The van der Waals surface area contributed by atoms with E-state index in [4.69, 9.17) is 0 Å². The highest BCUT2D eigenvalue weighted by Gasteiger charge is 2.41. The molecule has 0 atom stereocenters. The van der Waals surface area contributed by atoms with Crippen LogP contribution in [0.4, 0.5) is 35.1 Å². The maximum absolute atomic E-state index is 15.0. The van der Waals surface area contributed by atoms with Crippen molar-refractivity contribution in [2.75, 3.05) is 0 Å². The fraction of sp³-hybridized carbons (Fsp3) is 0.152. The van der Waals surface area contributed by atoms with Crippen LogP contribution in [0.25, 0.3) is 33.6 Å². The number of unbranched alkanes of at least 4 members (excludes halogenated alkanes) is 1. The van der Waals surface area contributed by atoms with Crippen molar-refractivity contribution in [3.05, 3.63) is 125 Å². The molecule has 0 saturated heterocycles. The highest BCUT2D eigenvalue weighted by molar-refractivity contribution is 5.71. The minimum absolute atomic E-state index is 0.0316. The quantitative estimate of drug-likeness (QED) is 0.123. The molecule has 44 heavy (non-hydrogen) atoms. The molecule has 0 fully saturated rings. The summed E-state index contributed by atoms with van der Waals surface area (Å²) in [5.41, 5.74) is -0.714. The Balaban J connectivity index is 1.33. The van der Waals surface area contributed by atoms with Gasteiger partial charge < -0.3 is 4.74 Å². The lowest BCUT2D eigenvalue weighted by atomic mass is 9.99. The lowest BCUT2D eigenvalue weighted by molar-refractivity contribution is -0.189. The third-order valence-corrected chi connectivity index (χ3v) is 6.81. The molecule has 0 aliphatic carbocycles. The van der Waals surface area contributed by atoms with Crippen molar-refractivity contribution in [3.8, 4) is 39.4 Å². The Morgan fingerprint density at radius 1 is 0.636 bits per heavy atom. The van der Waals surface area contributed by atoms with Gasteiger partial charge in [-0.3, -0.25) is 0 Å². The van der Waals surface area contributed by atoms with Gasteiger partial charge in [0.1, 0.15) is 28.8 Å². The van der Waals surface area contributed by atoms with Gasteiger partial charge in [-0.05, 0) is 77.6 Å². The molecule has 0 aliphatic rings. The van der Waals surface area contributed by atoms with E-state index in [9.17, 15) is 35.1 Å². The zero-order chi connectivity index (χ0) is 31.6. The molecule has 0 unspecified atom stereocenters. The van der Waals surface area contributed by atoms with Crippen LogP contribution >= 0.6 is 0 Å². The smallest absolute Gasteiger partial charge is 0.429 e. The molecule has 0 radical (unpaired) electrons. The highest BCUT2D eigenvalue weighted by atomic mass is 19.3. The lowest BCUT2D eigenvalue weighted by Gasteiger charge is -2.20. The first-order valence-corrected chi connectivity index (χ1v) is 13.4. The Morgan fingerprint density at radius 2 is 1.18 bits per heavy atom. The zero-order valence-electron chi connectivity index (χ0n) is 23.0. The van der Waals surface area contributed by atoms with E-state index < -0.39 is 52.3 Å². The summed E-state index contributed by atoms with van der Waals surface area (Å²) in [5.74, 6) is -9.11. The van der Waals surface area contributed by atoms with Crippen molar-refractivity contribution < 1.29 is 39.9 Å². The third-order valence-electron chi connectivity index (χ3n) is 6.81. The van der Waals surface area contributed by atoms with Gasteiger partial charge in [-0.15, -0.1) is 0 Å². The molecule has 1 heterocycles. The van der Waals surface area contributed by atoms with E-state index >= 15 is 0 Å². The predicted molar refractivity (Wildman–Crippen MR) is 148 cm³/mol. The number of hydrogen-bond donors (Lipinski definition) is 0. The van der Waals surface area contributed by atoms with Crippen LogP contribution < -0.4 is 4.74 Å². The predicted octanol–water partition coefficient (Wildman–Crippen LogP) is 9.78. The molecule has 0 saturated carbocycles. The van der Waals surface area contributed by atoms with Gasteiger partial charge in [0, 0.05) is 23.5 Å². The van der Waals surface area contributed by atoms with Crippen molar-refractivity contribution in [2.24, 2.45) is 0 Å². The van der Waals surface area contributed by atoms with Crippen LogP contribution in [0.1, 0.15) is 30.9 Å². The van der Waals surface area contributed by atoms with Crippen molar-refractivity contribution in [3.63, 3.8) is 0 Å². The topological polar surface area (TPSA) is 35.0 Å². The number of aromatic nitrogens is 2. The molecule has 11 heteroatoms. The van der Waals surface area contributed by atoms with E-state index in [1.807, 2.05) is 6.92 Å². The molecule has 0 amide bonds. The molecule has 0 bridgehead atoms. The van der Waals surface area contributed by atoms with Crippen LogP contribution in [0, 0.1) is 34.9 Å². The fourth-order valence-corrected chi connectivity index (χ4v) is 4.55. The number of aryl methyl sites for hydroxylation is 1. The second-order valence-electron chi connectivity index (χ2n) is 9.93. The SMILES string of the molecule is CCCCc1cnc(-c2cc(F)c(C(F)(F)Oc3ccc(-c4ccc(-c5cc(F)c(F)c(F)c5)c(F)c4)cc3)c(F)c2)nc1. The number of benzene rings is 4. The van der Waals surface area contributed by atoms with E-state index in [-0.39, 0.29) is 28.1 Å². The molecule has 0 spiro atoms. The van der Waals surface area contributed by atoms with Crippen LogP contribution in [0.5, 0.6) is 5.75 Å². The number of rotatable bonds is 9. The summed E-state index contributed by atoms with van der Waals surface area (Å²) in [6, 6.07) is 11.2. The molecule has 5 rings (SSSR count). The van der Waals surface area contributed by atoms with Crippen LogP contribution in [0.3, 0.4) is 0 Å². The molecule has 5 aromatic rings. The summed E-state index contributed by atoms with van der Waals surface area (Å²) in [5, 5.41) is 0. The minimum atomic E-state index is -4.41. The molecular weight excluding hydrogens is 592 g/mol.